The summed E-state index contributed by atoms with van der Waals surface area (Å²) in [6, 6.07) is 57.8. The van der Waals surface area contributed by atoms with E-state index in [1.165, 1.54) is 24.9 Å². The Labute approximate surface area is 385 Å². The predicted molar refractivity (Wildman–Crippen MR) is 272 cm³/mol. The third-order valence-electron chi connectivity index (χ3n) is 12.9. The molecule has 7 heteroatoms. The van der Waals surface area contributed by atoms with Crippen LogP contribution in [0.2, 0.25) is 0 Å². The summed E-state index contributed by atoms with van der Waals surface area (Å²) in [7, 11) is 2.21. The van der Waals surface area contributed by atoms with Gasteiger partial charge in [-0.3, -0.25) is 4.90 Å². The van der Waals surface area contributed by atoms with Crippen LogP contribution >= 0.6 is 0 Å². The van der Waals surface area contributed by atoms with Gasteiger partial charge in [0, 0.05) is 50.4 Å². The summed E-state index contributed by atoms with van der Waals surface area (Å²) >= 11 is 0. The van der Waals surface area contributed by atoms with Gasteiger partial charge in [-0.1, -0.05) is 115 Å². The number of fused-ring (bicyclic) bond motifs is 8. The summed E-state index contributed by atoms with van der Waals surface area (Å²) in [5.74, 6) is 1.75. The summed E-state index contributed by atoms with van der Waals surface area (Å²) in [4.78, 5) is 21.0. The van der Waals surface area contributed by atoms with E-state index in [9.17, 15) is 0 Å². The molecule has 8 aromatic rings. The van der Waals surface area contributed by atoms with Crippen molar-refractivity contribution in [3.8, 4) is 56.0 Å². The third-order valence-corrected chi connectivity index (χ3v) is 12.9. The van der Waals surface area contributed by atoms with Crippen LogP contribution in [-0.4, -0.2) is 51.6 Å². The number of hydrogen-bond acceptors (Lipinski definition) is 5. The van der Waals surface area contributed by atoms with Gasteiger partial charge in [0.2, 0.25) is 0 Å². The molecule has 3 aliphatic rings. The minimum atomic E-state index is 0.522. The van der Waals surface area contributed by atoms with E-state index in [4.69, 9.17) is 19.4 Å². The van der Waals surface area contributed by atoms with Gasteiger partial charge >= 0.3 is 0 Å². The van der Waals surface area contributed by atoms with Crippen molar-refractivity contribution in [1.29, 1.82) is 0 Å². The maximum Gasteiger partial charge on any atom is 0.119 e. The second kappa shape index (κ2) is 18.4. The van der Waals surface area contributed by atoms with Crippen LogP contribution in [0.3, 0.4) is 0 Å². The number of rotatable bonds is 12. The highest BCUT2D eigenvalue weighted by atomic mass is 16.5. The average Bonchev–Trinajstić information content (AvgIpc) is 4.24. The normalized spacial score (nSPS) is 14.5. The smallest absolute Gasteiger partial charge is 0.119 e. The molecule has 6 heterocycles. The molecule has 11 rings (SSSR count). The van der Waals surface area contributed by atoms with E-state index in [-0.39, 0.29) is 0 Å². The molecule has 0 radical (unpaired) electrons. The second-order valence-corrected chi connectivity index (χ2v) is 17.2. The van der Waals surface area contributed by atoms with Gasteiger partial charge in [0.1, 0.15) is 11.5 Å². The lowest BCUT2D eigenvalue weighted by Crippen LogP contribution is -2.17. The fourth-order valence-corrected chi connectivity index (χ4v) is 9.65. The third kappa shape index (κ3) is 8.37. The van der Waals surface area contributed by atoms with E-state index in [1.54, 1.807) is 0 Å². The molecule has 1 saturated heterocycles. The Morgan fingerprint density at radius 3 is 1.18 bits per heavy atom. The van der Waals surface area contributed by atoms with Crippen LogP contribution in [0.1, 0.15) is 60.1 Å². The zero-order chi connectivity index (χ0) is 44.2. The SMILES string of the molecule is CN1CCCC1c1ccc(OCCCCOc2ccc(-c3c4nc(c(-c5ccccc5)c5ccc([nH]5)c(-c5ccccc5)c5nc(c(-c6ccccc6)c6ccc3[nH]6)C=C5)C=C4)cc2)cc1. The molecule has 2 N–H and O–H groups in total. The summed E-state index contributed by atoms with van der Waals surface area (Å²) in [6.07, 6.45) is 12.8. The Morgan fingerprint density at radius 1 is 0.455 bits per heavy atom. The number of nitrogens with one attached hydrogen (secondary N) is 2. The number of benzene rings is 5. The molecule has 3 aromatic heterocycles. The number of aromatic amines is 2. The summed E-state index contributed by atoms with van der Waals surface area (Å²) in [5, 5.41) is 0. The van der Waals surface area contributed by atoms with Gasteiger partial charge in [-0.25, -0.2) is 9.97 Å². The van der Waals surface area contributed by atoms with Crippen LogP contribution in [-0.2, 0) is 0 Å². The van der Waals surface area contributed by atoms with Crippen molar-refractivity contribution in [2.24, 2.45) is 0 Å². The number of H-pyrrole nitrogens is 2. The number of unbranched alkanes of at least 4 members (excludes halogenated alkanes) is 1. The first-order valence-electron chi connectivity index (χ1n) is 23.1. The van der Waals surface area contributed by atoms with Gasteiger partial charge in [0.05, 0.1) is 36.0 Å². The van der Waals surface area contributed by atoms with Crippen LogP contribution in [0.5, 0.6) is 11.5 Å². The first-order chi connectivity index (χ1) is 32.6. The molecule has 0 amide bonds. The van der Waals surface area contributed by atoms with Crippen molar-refractivity contribution in [1.82, 2.24) is 24.8 Å². The van der Waals surface area contributed by atoms with Gasteiger partial charge in [-0.05, 0) is 140 Å². The molecule has 8 bridgehead atoms. The van der Waals surface area contributed by atoms with Crippen molar-refractivity contribution in [3.63, 3.8) is 0 Å². The Balaban J connectivity index is 0.959. The first kappa shape index (κ1) is 41.0. The minimum absolute atomic E-state index is 0.522. The van der Waals surface area contributed by atoms with E-state index in [0.29, 0.717) is 19.3 Å². The molecule has 1 atom stereocenters. The summed E-state index contributed by atoms with van der Waals surface area (Å²) in [6.45, 7) is 2.44. The molecular weight excluding hydrogens is 811 g/mol. The van der Waals surface area contributed by atoms with Crippen LogP contribution in [0, 0.1) is 0 Å². The number of ether oxygens (including phenoxy) is 2. The molecule has 1 fully saturated rings. The Bertz CT molecular complexity index is 3190. The fourth-order valence-electron chi connectivity index (χ4n) is 9.65. The van der Waals surface area contributed by atoms with Gasteiger partial charge in [-0.2, -0.15) is 0 Å². The van der Waals surface area contributed by atoms with Crippen molar-refractivity contribution >= 4 is 46.4 Å². The highest BCUT2D eigenvalue weighted by molar-refractivity contribution is 5.99. The van der Waals surface area contributed by atoms with E-state index in [1.807, 2.05) is 0 Å². The van der Waals surface area contributed by atoms with Gasteiger partial charge in [0.25, 0.3) is 0 Å². The number of aromatic nitrogens is 4. The van der Waals surface area contributed by atoms with Crippen molar-refractivity contribution in [2.75, 3.05) is 26.8 Å². The lowest BCUT2D eigenvalue weighted by molar-refractivity contribution is 0.266. The lowest BCUT2D eigenvalue weighted by Gasteiger charge is -2.20. The number of hydrogen-bond donors (Lipinski definition) is 2. The summed E-state index contributed by atoms with van der Waals surface area (Å²) < 4.78 is 12.4. The molecule has 66 heavy (non-hydrogen) atoms. The predicted octanol–water partition coefficient (Wildman–Crippen LogP) is 14.3. The largest absolute Gasteiger partial charge is 0.494 e. The van der Waals surface area contributed by atoms with Crippen LogP contribution in [0.25, 0.3) is 90.9 Å². The quantitative estimate of drug-likeness (QED) is 0.120. The van der Waals surface area contributed by atoms with E-state index in [2.05, 4.69) is 210 Å². The zero-order valence-corrected chi connectivity index (χ0v) is 37.1. The molecule has 7 nitrogen and oxygen atoms in total. The van der Waals surface area contributed by atoms with Gasteiger partial charge in [0.15, 0.2) is 0 Å². The average molecular weight is 862 g/mol. The topological polar surface area (TPSA) is 79.1 Å². The summed E-state index contributed by atoms with van der Waals surface area (Å²) in [5.41, 5.74) is 17.1. The fraction of sp³-hybridized carbons (Fsp3) is 0.153. The Morgan fingerprint density at radius 2 is 0.818 bits per heavy atom. The molecular formula is C59H51N5O2. The van der Waals surface area contributed by atoms with Crippen LogP contribution in [0.4, 0.5) is 0 Å². The molecule has 324 valence electrons. The van der Waals surface area contributed by atoms with Gasteiger partial charge in [-0.15, -0.1) is 0 Å². The Kier molecular flexibility index (Phi) is 11.4. The van der Waals surface area contributed by atoms with Gasteiger partial charge < -0.3 is 19.4 Å². The second-order valence-electron chi connectivity index (χ2n) is 17.2. The van der Waals surface area contributed by atoms with E-state index < -0.39 is 0 Å². The molecule has 0 aliphatic carbocycles. The number of nitrogens with zero attached hydrogens (tertiary/aromatic N) is 3. The molecule has 0 spiro atoms. The van der Waals surface area contributed by atoms with E-state index in [0.717, 1.165) is 114 Å². The highest BCUT2D eigenvalue weighted by Crippen LogP contribution is 2.39. The van der Waals surface area contributed by atoms with Crippen molar-refractivity contribution < 1.29 is 9.47 Å². The highest BCUT2D eigenvalue weighted by Gasteiger charge is 2.23. The number of likely N-dealkylation sites (tertiary alicyclic amines) is 1. The molecule has 1 unspecified atom stereocenters. The minimum Gasteiger partial charge on any atom is -0.494 e. The standard InChI is InChI=1S/C59H51N5O2/c1-64-37-13-20-55(64)40-21-25-45(26-22-40)65-38-11-12-39-66-46-27-23-44(24-28-46)59-53-35-33-51(62-53)57(42-16-7-3-8-17-42)49-31-29-47(60-49)56(41-14-5-2-6-15-41)48-30-32-50(61-48)58(43-18-9-4-10-19-43)52-34-36-54(59)63-52/h2-10,14-19,21-36,55,60,63H,11-13,20,37-39H2,1H3. The molecule has 5 aromatic carbocycles. The lowest BCUT2D eigenvalue weighted by atomic mass is 10.0. The maximum absolute atomic E-state index is 6.28. The zero-order valence-electron chi connectivity index (χ0n) is 37.1. The Hall–Kier alpha value is -7.74. The first-order valence-corrected chi connectivity index (χ1v) is 23.1. The van der Waals surface area contributed by atoms with Crippen molar-refractivity contribution in [2.45, 2.75) is 31.7 Å². The monoisotopic (exact) mass is 861 g/mol. The van der Waals surface area contributed by atoms with Crippen LogP contribution < -0.4 is 9.47 Å². The maximum atomic E-state index is 6.28. The van der Waals surface area contributed by atoms with E-state index >= 15 is 0 Å². The molecule has 0 saturated carbocycles. The molecule has 3 aliphatic heterocycles. The van der Waals surface area contributed by atoms with Crippen LogP contribution in [0.15, 0.2) is 164 Å². The van der Waals surface area contributed by atoms with Crippen molar-refractivity contribution in [3.05, 3.63) is 192 Å².